The molecule has 7 nitrogen and oxygen atoms in total. The zero-order valence-electron chi connectivity index (χ0n) is 16.1. The number of rotatable bonds is 3. The third-order valence-corrected chi connectivity index (χ3v) is 5.75. The number of carbonyl (C=O) groups is 2. The minimum absolute atomic E-state index is 0.0372. The first-order valence-electron chi connectivity index (χ1n) is 9.99. The number of aryl methyl sites for hydroxylation is 1. The van der Waals surface area contributed by atoms with E-state index in [0.717, 1.165) is 42.4 Å². The highest BCUT2D eigenvalue weighted by Crippen LogP contribution is 2.33. The number of amides is 2. The average Bonchev–Trinajstić information content (AvgIpc) is 3.21. The number of nitrogens with zero attached hydrogens (tertiary/aromatic N) is 2. The lowest BCUT2D eigenvalue weighted by atomic mass is 10.00. The van der Waals surface area contributed by atoms with E-state index in [4.69, 9.17) is 9.47 Å². The molecule has 1 fully saturated rings. The average molecular weight is 393 g/mol. The van der Waals surface area contributed by atoms with E-state index in [9.17, 15) is 9.59 Å². The van der Waals surface area contributed by atoms with Crippen molar-refractivity contribution < 1.29 is 19.1 Å². The maximum absolute atomic E-state index is 12.9. The predicted octanol–water partition coefficient (Wildman–Crippen LogP) is 2.26. The molecule has 2 aromatic carbocycles. The summed E-state index contributed by atoms with van der Waals surface area (Å²) in [6.45, 7) is 4.20. The third kappa shape index (κ3) is 3.65. The molecular weight excluding hydrogens is 370 g/mol. The number of carbonyl (C=O) groups excluding carboxylic acids is 2. The molecular formula is C22H23N3O4. The van der Waals surface area contributed by atoms with Crippen molar-refractivity contribution in [3.63, 3.8) is 0 Å². The predicted molar refractivity (Wildman–Crippen MR) is 107 cm³/mol. The Hall–Kier alpha value is -3.06. The lowest BCUT2D eigenvalue weighted by Crippen LogP contribution is -2.48. The van der Waals surface area contributed by atoms with Crippen molar-refractivity contribution >= 4 is 17.5 Å². The third-order valence-electron chi connectivity index (χ3n) is 5.75. The van der Waals surface area contributed by atoms with E-state index in [0.29, 0.717) is 31.5 Å². The molecule has 150 valence electrons. The van der Waals surface area contributed by atoms with Crippen molar-refractivity contribution in [3.05, 3.63) is 53.1 Å². The molecule has 2 amide bonds. The molecule has 0 aromatic heterocycles. The molecule has 29 heavy (non-hydrogen) atoms. The number of anilines is 1. The number of fused-ring (bicyclic) bond motifs is 2. The van der Waals surface area contributed by atoms with Crippen LogP contribution in [0.15, 0.2) is 36.4 Å². The number of ether oxygens (including phenoxy) is 2. The number of hydrogen-bond donors (Lipinski definition) is 1. The minimum atomic E-state index is 0.0372. The Morgan fingerprint density at radius 3 is 2.66 bits per heavy atom. The summed E-state index contributed by atoms with van der Waals surface area (Å²) in [6.07, 6.45) is 1.16. The molecule has 1 saturated heterocycles. The van der Waals surface area contributed by atoms with Gasteiger partial charge in [-0.05, 0) is 47.9 Å². The number of benzene rings is 2. The summed E-state index contributed by atoms with van der Waals surface area (Å²) in [4.78, 5) is 28.7. The highest BCUT2D eigenvalue weighted by Gasteiger charge is 2.24. The fraction of sp³-hybridized carbons (Fsp3) is 0.364. The lowest BCUT2D eigenvalue weighted by Gasteiger charge is -2.35. The normalized spacial score (nSPS) is 18.3. The van der Waals surface area contributed by atoms with Gasteiger partial charge in [0.15, 0.2) is 11.5 Å². The lowest BCUT2D eigenvalue weighted by molar-refractivity contribution is -0.116. The summed E-state index contributed by atoms with van der Waals surface area (Å²) < 4.78 is 10.8. The SMILES string of the molecule is O=C1CCc2cc(C(=O)N3CCN(Cc4ccc5c(c4)OCO5)CC3)ccc2N1. The Balaban J connectivity index is 1.19. The Labute approximate surface area is 169 Å². The molecule has 5 rings (SSSR count). The monoisotopic (exact) mass is 393 g/mol. The fourth-order valence-electron chi connectivity index (χ4n) is 4.11. The minimum Gasteiger partial charge on any atom is -0.454 e. The Kier molecular flexibility index (Phi) is 4.60. The van der Waals surface area contributed by atoms with E-state index in [-0.39, 0.29) is 18.6 Å². The van der Waals surface area contributed by atoms with Gasteiger partial charge >= 0.3 is 0 Å². The van der Waals surface area contributed by atoms with Crippen LogP contribution < -0.4 is 14.8 Å². The number of piperazine rings is 1. The summed E-state index contributed by atoms with van der Waals surface area (Å²) in [6, 6.07) is 11.6. The zero-order chi connectivity index (χ0) is 19.8. The van der Waals surface area contributed by atoms with Gasteiger partial charge < -0.3 is 19.7 Å². The summed E-state index contributed by atoms with van der Waals surface area (Å²) in [5.74, 6) is 1.70. The summed E-state index contributed by atoms with van der Waals surface area (Å²) in [5.41, 5.74) is 3.75. The van der Waals surface area contributed by atoms with E-state index in [2.05, 4.69) is 16.3 Å². The second kappa shape index (κ2) is 7.40. The Morgan fingerprint density at radius 1 is 0.966 bits per heavy atom. The molecule has 0 bridgehead atoms. The van der Waals surface area contributed by atoms with Gasteiger partial charge in [-0.15, -0.1) is 0 Å². The number of nitrogens with one attached hydrogen (secondary N) is 1. The molecule has 7 heteroatoms. The van der Waals surface area contributed by atoms with Gasteiger partial charge in [-0.1, -0.05) is 6.07 Å². The molecule has 0 aliphatic carbocycles. The molecule has 0 spiro atoms. The van der Waals surface area contributed by atoms with Gasteiger partial charge in [0.1, 0.15) is 0 Å². The van der Waals surface area contributed by atoms with Crippen LogP contribution in [0.5, 0.6) is 11.5 Å². The molecule has 3 heterocycles. The number of hydrogen-bond acceptors (Lipinski definition) is 5. The van der Waals surface area contributed by atoms with Crippen molar-refractivity contribution in [1.82, 2.24) is 9.80 Å². The van der Waals surface area contributed by atoms with E-state index >= 15 is 0 Å². The molecule has 0 unspecified atom stereocenters. The summed E-state index contributed by atoms with van der Waals surface area (Å²) in [7, 11) is 0. The van der Waals surface area contributed by atoms with Crippen LogP contribution in [0.4, 0.5) is 5.69 Å². The standard InChI is InChI=1S/C22H23N3O4/c26-21-6-3-16-12-17(2-4-18(16)23-21)22(27)25-9-7-24(8-10-25)13-15-1-5-19-20(11-15)29-14-28-19/h1-2,4-5,11-12H,3,6-10,13-14H2,(H,23,26). The van der Waals surface area contributed by atoms with Gasteiger partial charge in [0.25, 0.3) is 5.91 Å². The second-order valence-corrected chi connectivity index (χ2v) is 7.68. The maximum Gasteiger partial charge on any atom is 0.253 e. The molecule has 1 N–H and O–H groups in total. The molecule has 0 atom stereocenters. The van der Waals surface area contributed by atoms with Crippen LogP contribution in [0.2, 0.25) is 0 Å². The molecule has 0 radical (unpaired) electrons. The summed E-state index contributed by atoms with van der Waals surface area (Å²) >= 11 is 0. The molecule has 3 aliphatic heterocycles. The topological polar surface area (TPSA) is 71.1 Å². The van der Waals surface area contributed by atoms with Gasteiger partial charge in [-0.2, -0.15) is 0 Å². The highest BCUT2D eigenvalue weighted by molar-refractivity contribution is 5.98. The van der Waals surface area contributed by atoms with Gasteiger partial charge in [-0.25, -0.2) is 0 Å². The van der Waals surface area contributed by atoms with Gasteiger partial charge in [-0.3, -0.25) is 14.5 Å². The fourth-order valence-corrected chi connectivity index (χ4v) is 4.11. The highest BCUT2D eigenvalue weighted by atomic mass is 16.7. The summed E-state index contributed by atoms with van der Waals surface area (Å²) in [5, 5.41) is 2.86. The van der Waals surface area contributed by atoms with Crippen LogP contribution in [0.3, 0.4) is 0 Å². The molecule has 2 aromatic rings. The maximum atomic E-state index is 12.9. The van der Waals surface area contributed by atoms with Crippen LogP contribution in [0.1, 0.15) is 27.9 Å². The van der Waals surface area contributed by atoms with E-state index in [1.807, 2.05) is 35.2 Å². The van der Waals surface area contributed by atoms with E-state index in [1.54, 1.807) is 0 Å². The van der Waals surface area contributed by atoms with E-state index < -0.39 is 0 Å². The Morgan fingerprint density at radius 2 is 1.79 bits per heavy atom. The van der Waals surface area contributed by atoms with Crippen molar-refractivity contribution in [2.75, 3.05) is 38.3 Å². The van der Waals surface area contributed by atoms with Crippen molar-refractivity contribution in [3.8, 4) is 11.5 Å². The van der Waals surface area contributed by atoms with Gasteiger partial charge in [0.2, 0.25) is 12.7 Å². The largest absolute Gasteiger partial charge is 0.454 e. The van der Waals surface area contributed by atoms with Crippen LogP contribution in [0, 0.1) is 0 Å². The first-order chi connectivity index (χ1) is 14.2. The quantitative estimate of drug-likeness (QED) is 0.866. The van der Waals surface area contributed by atoms with Crippen LogP contribution in [-0.4, -0.2) is 54.6 Å². The van der Waals surface area contributed by atoms with Crippen LogP contribution in [0.25, 0.3) is 0 Å². The van der Waals surface area contributed by atoms with Gasteiger partial charge in [0, 0.05) is 50.4 Å². The first kappa shape index (κ1) is 18.0. The van der Waals surface area contributed by atoms with Crippen LogP contribution >= 0.6 is 0 Å². The van der Waals surface area contributed by atoms with Crippen molar-refractivity contribution in [2.45, 2.75) is 19.4 Å². The van der Waals surface area contributed by atoms with Crippen molar-refractivity contribution in [1.29, 1.82) is 0 Å². The van der Waals surface area contributed by atoms with Crippen LogP contribution in [-0.2, 0) is 17.8 Å². The second-order valence-electron chi connectivity index (χ2n) is 7.68. The molecule has 0 saturated carbocycles. The first-order valence-corrected chi connectivity index (χ1v) is 9.99. The zero-order valence-corrected chi connectivity index (χ0v) is 16.1. The smallest absolute Gasteiger partial charge is 0.253 e. The van der Waals surface area contributed by atoms with E-state index in [1.165, 1.54) is 5.56 Å². The molecule has 3 aliphatic rings. The van der Waals surface area contributed by atoms with Gasteiger partial charge in [0.05, 0.1) is 0 Å². The van der Waals surface area contributed by atoms with Crippen molar-refractivity contribution in [2.24, 2.45) is 0 Å². The Bertz CT molecular complexity index is 967.